The number of urea groups is 1. The maximum Gasteiger partial charge on any atom is 0.327 e. The maximum absolute atomic E-state index is 13.8. The molecule has 0 bridgehead atoms. The lowest BCUT2D eigenvalue weighted by atomic mass is 9.85. The number of likely N-dealkylation sites (N-methyl/N-ethyl adjacent to an activating group) is 1. The number of benzene rings is 2. The molecule has 1 aliphatic carbocycles. The zero-order valence-corrected chi connectivity index (χ0v) is 19.7. The topological polar surface area (TPSA) is 62.3 Å². The Morgan fingerprint density at radius 2 is 1.62 bits per heavy atom. The van der Waals surface area contributed by atoms with Gasteiger partial charge in [0.15, 0.2) is 11.5 Å². The minimum atomic E-state index is -0.704. The fourth-order valence-electron chi connectivity index (χ4n) is 6.23. The second-order valence-electron chi connectivity index (χ2n) is 9.82. The smallest absolute Gasteiger partial charge is 0.327 e. The van der Waals surface area contributed by atoms with Gasteiger partial charge < -0.3 is 14.4 Å². The number of rotatable bonds is 4. The SMILES string of the molecule is CCN1C(=O)N(C2Cc3ccccc3C2)C(=O)C12CCN(Cc1ccc3c(c1)OCCO3)CC2. The van der Waals surface area contributed by atoms with Crippen molar-refractivity contribution in [3.05, 3.63) is 59.2 Å². The largest absolute Gasteiger partial charge is 0.486 e. The van der Waals surface area contributed by atoms with Crippen molar-refractivity contribution < 1.29 is 19.1 Å². The lowest BCUT2D eigenvalue weighted by molar-refractivity contribution is -0.137. The normalized spacial score (nSPS) is 22.0. The maximum atomic E-state index is 13.8. The third-order valence-electron chi connectivity index (χ3n) is 7.98. The van der Waals surface area contributed by atoms with Gasteiger partial charge in [-0.2, -0.15) is 0 Å². The van der Waals surface area contributed by atoms with Crippen molar-refractivity contribution in [3.8, 4) is 11.5 Å². The highest BCUT2D eigenvalue weighted by Crippen LogP contribution is 2.40. The molecule has 0 radical (unpaired) electrons. The van der Waals surface area contributed by atoms with Gasteiger partial charge in [-0.3, -0.25) is 14.6 Å². The first kappa shape index (κ1) is 21.5. The van der Waals surface area contributed by atoms with Crippen LogP contribution < -0.4 is 9.47 Å². The third kappa shape index (κ3) is 3.36. The standard InChI is InChI=1S/C27H31N3O4/c1-2-29-26(32)30(22-16-20-5-3-4-6-21(20)17-22)25(31)27(29)9-11-28(12-10-27)18-19-7-8-23-24(15-19)34-14-13-33-23/h3-8,15,22H,2,9-14,16-18H2,1H3. The predicted molar refractivity (Wildman–Crippen MR) is 127 cm³/mol. The van der Waals surface area contributed by atoms with Gasteiger partial charge in [0, 0.05) is 32.2 Å². The number of piperidine rings is 1. The van der Waals surface area contributed by atoms with E-state index in [-0.39, 0.29) is 18.0 Å². The summed E-state index contributed by atoms with van der Waals surface area (Å²) in [7, 11) is 0. The van der Waals surface area contributed by atoms with Gasteiger partial charge in [-0.15, -0.1) is 0 Å². The Labute approximate surface area is 200 Å². The second kappa shape index (κ2) is 8.31. The molecule has 3 amide bonds. The van der Waals surface area contributed by atoms with Crippen molar-refractivity contribution in [2.45, 2.75) is 50.7 Å². The monoisotopic (exact) mass is 461 g/mol. The molecule has 2 aromatic rings. The molecule has 2 saturated heterocycles. The molecule has 0 saturated carbocycles. The third-order valence-corrected chi connectivity index (χ3v) is 7.98. The Balaban J connectivity index is 1.16. The van der Waals surface area contributed by atoms with E-state index in [2.05, 4.69) is 29.2 Å². The summed E-state index contributed by atoms with van der Waals surface area (Å²) in [6, 6.07) is 14.2. The molecule has 3 heterocycles. The molecule has 0 atom stereocenters. The fourth-order valence-corrected chi connectivity index (χ4v) is 6.23. The highest BCUT2D eigenvalue weighted by molar-refractivity contribution is 6.07. The molecule has 0 N–H and O–H groups in total. The summed E-state index contributed by atoms with van der Waals surface area (Å²) in [6.07, 6.45) is 2.87. The summed E-state index contributed by atoms with van der Waals surface area (Å²) in [4.78, 5) is 33.1. The van der Waals surface area contributed by atoms with Gasteiger partial charge >= 0.3 is 6.03 Å². The van der Waals surface area contributed by atoms with Crippen LogP contribution in [0.4, 0.5) is 4.79 Å². The van der Waals surface area contributed by atoms with Crippen molar-refractivity contribution >= 4 is 11.9 Å². The average Bonchev–Trinajstić information content (AvgIpc) is 3.37. The number of carbonyl (C=O) groups is 2. The number of fused-ring (bicyclic) bond motifs is 2. The van der Waals surface area contributed by atoms with Gasteiger partial charge in [0.1, 0.15) is 18.8 Å². The van der Waals surface area contributed by atoms with Crippen molar-refractivity contribution in [1.82, 2.24) is 14.7 Å². The average molecular weight is 462 g/mol. The van der Waals surface area contributed by atoms with Crippen molar-refractivity contribution in [2.75, 3.05) is 32.8 Å². The van der Waals surface area contributed by atoms with Crippen molar-refractivity contribution in [3.63, 3.8) is 0 Å². The van der Waals surface area contributed by atoms with Crippen LogP contribution in [-0.4, -0.2) is 71.1 Å². The van der Waals surface area contributed by atoms with Crippen LogP contribution in [0.1, 0.15) is 36.5 Å². The first-order valence-corrected chi connectivity index (χ1v) is 12.4. The molecular formula is C27H31N3O4. The number of amides is 3. The van der Waals surface area contributed by atoms with E-state index in [0.29, 0.717) is 32.6 Å². The molecule has 2 fully saturated rings. The van der Waals surface area contributed by atoms with E-state index in [1.807, 2.05) is 30.0 Å². The van der Waals surface area contributed by atoms with Crippen LogP contribution in [0, 0.1) is 0 Å². The van der Waals surface area contributed by atoms with Crippen LogP contribution in [0.2, 0.25) is 0 Å². The van der Waals surface area contributed by atoms with E-state index in [9.17, 15) is 9.59 Å². The van der Waals surface area contributed by atoms with E-state index in [0.717, 1.165) is 44.0 Å². The molecule has 1 spiro atoms. The van der Waals surface area contributed by atoms with Crippen molar-refractivity contribution in [2.24, 2.45) is 0 Å². The summed E-state index contributed by atoms with van der Waals surface area (Å²) in [5, 5.41) is 0. The van der Waals surface area contributed by atoms with Gasteiger partial charge in [0.05, 0.1) is 0 Å². The Hall–Kier alpha value is -3.06. The van der Waals surface area contributed by atoms with E-state index in [1.54, 1.807) is 4.90 Å². The number of imide groups is 1. The van der Waals surface area contributed by atoms with E-state index in [1.165, 1.54) is 16.7 Å². The van der Waals surface area contributed by atoms with E-state index < -0.39 is 5.54 Å². The molecule has 3 aliphatic heterocycles. The highest BCUT2D eigenvalue weighted by Gasteiger charge is 2.59. The summed E-state index contributed by atoms with van der Waals surface area (Å²) in [5.74, 6) is 1.62. The molecule has 4 aliphatic rings. The Kier molecular flexibility index (Phi) is 5.25. The van der Waals surface area contributed by atoms with Gasteiger partial charge in [-0.05, 0) is 61.4 Å². The summed E-state index contributed by atoms with van der Waals surface area (Å²) in [6.45, 7) is 6.07. The summed E-state index contributed by atoms with van der Waals surface area (Å²) >= 11 is 0. The quantitative estimate of drug-likeness (QED) is 0.655. The molecule has 2 aromatic carbocycles. The zero-order valence-electron chi connectivity index (χ0n) is 19.7. The molecule has 0 unspecified atom stereocenters. The Bertz CT molecular complexity index is 1100. The van der Waals surface area contributed by atoms with Gasteiger partial charge in [-0.1, -0.05) is 30.3 Å². The highest BCUT2D eigenvalue weighted by atomic mass is 16.6. The van der Waals surface area contributed by atoms with Gasteiger partial charge in [0.2, 0.25) is 0 Å². The van der Waals surface area contributed by atoms with Crippen molar-refractivity contribution in [1.29, 1.82) is 0 Å². The minimum Gasteiger partial charge on any atom is -0.486 e. The number of ether oxygens (including phenoxy) is 2. The lowest BCUT2D eigenvalue weighted by Gasteiger charge is -2.42. The van der Waals surface area contributed by atoms with Crippen LogP contribution >= 0.6 is 0 Å². The minimum absolute atomic E-state index is 0.0103. The molecular weight excluding hydrogens is 430 g/mol. The zero-order chi connectivity index (χ0) is 23.3. The molecule has 0 aromatic heterocycles. The van der Waals surface area contributed by atoms with Crippen LogP contribution in [0.15, 0.2) is 42.5 Å². The number of likely N-dealkylation sites (tertiary alicyclic amines) is 1. The number of carbonyl (C=O) groups excluding carboxylic acids is 2. The Morgan fingerprint density at radius 3 is 2.29 bits per heavy atom. The van der Waals surface area contributed by atoms with Crippen LogP contribution in [0.5, 0.6) is 11.5 Å². The Morgan fingerprint density at radius 1 is 0.941 bits per heavy atom. The summed E-state index contributed by atoms with van der Waals surface area (Å²) in [5.41, 5.74) is 2.98. The van der Waals surface area contributed by atoms with Crippen LogP contribution in [0.25, 0.3) is 0 Å². The first-order chi connectivity index (χ1) is 16.6. The van der Waals surface area contributed by atoms with E-state index >= 15 is 0 Å². The lowest BCUT2D eigenvalue weighted by Crippen LogP contribution is -2.56. The van der Waals surface area contributed by atoms with Crippen LogP contribution in [0.3, 0.4) is 0 Å². The second-order valence-corrected chi connectivity index (χ2v) is 9.82. The van der Waals surface area contributed by atoms with Crippen LogP contribution in [-0.2, 0) is 24.2 Å². The number of hydrogen-bond donors (Lipinski definition) is 0. The number of hydrogen-bond acceptors (Lipinski definition) is 5. The molecule has 6 rings (SSSR count). The molecule has 178 valence electrons. The van der Waals surface area contributed by atoms with E-state index in [4.69, 9.17) is 9.47 Å². The molecule has 34 heavy (non-hydrogen) atoms. The van der Waals surface area contributed by atoms with Gasteiger partial charge in [-0.25, -0.2) is 4.79 Å². The number of nitrogens with zero attached hydrogens (tertiary/aromatic N) is 3. The summed E-state index contributed by atoms with van der Waals surface area (Å²) < 4.78 is 11.4. The molecule has 7 nitrogen and oxygen atoms in total. The predicted octanol–water partition coefficient (Wildman–Crippen LogP) is 3.24. The first-order valence-electron chi connectivity index (χ1n) is 12.4. The fraction of sp³-hybridized carbons (Fsp3) is 0.481. The molecule has 7 heteroatoms. The van der Waals surface area contributed by atoms with Gasteiger partial charge in [0.25, 0.3) is 5.91 Å².